The van der Waals surface area contributed by atoms with Gasteiger partial charge in [-0.25, -0.2) is 0 Å². The second kappa shape index (κ2) is 46.1. The zero-order valence-electron chi connectivity index (χ0n) is 42.6. The van der Waals surface area contributed by atoms with Crippen LogP contribution in [0.25, 0.3) is 0 Å². The van der Waals surface area contributed by atoms with E-state index in [0.717, 1.165) is 32.1 Å². The molecule has 63 heavy (non-hydrogen) atoms. The maximum absolute atomic E-state index is 12.8. The van der Waals surface area contributed by atoms with Crippen LogP contribution in [0.2, 0.25) is 0 Å². The highest BCUT2D eigenvalue weighted by Crippen LogP contribution is 2.38. The Labute approximate surface area is 391 Å². The monoisotopic (exact) mass is 916 g/mol. The molecule has 10 heteroatoms. The van der Waals surface area contributed by atoms with Crippen LogP contribution in [-0.4, -0.2) is 70.0 Å². The molecule has 0 aliphatic heterocycles. The van der Waals surface area contributed by atoms with E-state index in [1.165, 1.54) is 212 Å². The maximum Gasteiger partial charge on any atom is 0.306 e. The zero-order valence-corrected chi connectivity index (χ0v) is 43.5. The van der Waals surface area contributed by atoms with Crippen molar-refractivity contribution in [1.82, 2.24) is 0 Å². The topological polar surface area (TPSA) is 111 Å². The van der Waals surface area contributed by atoms with Gasteiger partial charge < -0.3 is 27.9 Å². The number of ether oxygens (including phenoxy) is 2. The number of carbonyl (C=O) groups excluding carboxylic acids is 2. The van der Waals surface area contributed by atoms with Gasteiger partial charge in [0, 0.05) is 12.8 Å². The Bertz CT molecular complexity index is 1040. The molecule has 2 atom stereocenters. The molecule has 0 spiro atoms. The Morgan fingerprint density at radius 1 is 0.429 bits per heavy atom. The molecule has 0 radical (unpaired) electrons. The standard InChI is InChI=1S/C53H106NO8P/c1-6-8-10-12-14-16-18-20-22-24-26-27-28-30-32-34-36-38-40-42-44-46-53(56)62-51(50-61-63(57,58)60-48-47-54(3,4)5)49-59-52(55)45-43-41-39-37-35-33-31-29-25-23-21-19-17-15-13-11-9-7-2/h51H,6-50H2,1-5H3. The third-order valence-corrected chi connectivity index (χ3v) is 13.3. The summed E-state index contributed by atoms with van der Waals surface area (Å²) in [5.41, 5.74) is 0. The average Bonchev–Trinajstić information content (AvgIpc) is 3.24. The van der Waals surface area contributed by atoms with Crippen molar-refractivity contribution in [3.8, 4) is 0 Å². The van der Waals surface area contributed by atoms with E-state index in [0.29, 0.717) is 17.4 Å². The molecule has 9 nitrogen and oxygen atoms in total. The minimum atomic E-state index is -4.62. The number of quaternary nitrogens is 1. The SMILES string of the molecule is CCCCCCCCCCCCCCCCCCCCCCCC(=O)OC(COC(=O)CCCCCCCCCCCCCCCCCCCC)COP(=O)([O-])OCC[N+](C)(C)C. The van der Waals surface area contributed by atoms with Crippen LogP contribution in [0.4, 0.5) is 0 Å². The molecule has 0 rings (SSSR count). The largest absolute Gasteiger partial charge is 0.756 e. The van der Waals surface area contributed by atoms with Gasteiger partial charge in [-0.05, 0) is 12.8 Å². The van der Waals surface area contributed by atoms with E-state index in [1.807, 2.05) is 21.1 Å². The normalized spacial score (nSPS) is 13.3. The second-order valence-corrected chi connectivity index (χ2v) is 21.4. The summed E-state index contributed by atoms with van der Waals surface area (Å²) in [5.74, 6) is -0.811. The number of phosphoric acid groups is 1. The summed E-state index contributed by atoms with van der Waals surface area (Å²) in [6.07, 6.45) is 49.9. The van der Waals surface area contributed by atoms with E-state index in [4.69, 9.17) is 18.5 Å². The van der Waals surface area contributed by atoms with Crippen LogP contribution in [0, 0.1) is 0 Å². The highest BCUT2D eigenvalue weighted by molar-refractivity contribution is 7.45. The van der Waals surface area contributed by atoms with E-state index in [9.17, 15) is 19.0 Å². The first-order valence-electron chi connectivity index (χ1n) is 27.2. The smallest absolute Gasteiger partial charge is 0.306 e. The van der Waals surface area contributed by atoms with Gasteiger partial charge in [0.1, 0.15) is 19.8 Å². The molecule has 0 aromatic rings. The lowest BCUT2D eigenvalue weighted by atomic mass is 10.0. The van der Waals surface area contributed by atoms with Gasteiger partial charge >= 0.3 is 11.9 Å². The number of nitrogens with zero attached hydrogens (tertiary/aromatic N) is 1. The lowest BCUT2D eigenvalue weighted by molar-refractivity contribution is -0.870. The van der Waals surface area contributed by atoms with Crippen LogP contribution >= 0.6 is 7.82 Å². The van der Waals surface area contributed by atoms with Crippen LogP contribution < -0.4 is 4.89 Å². The average molecular weight is 916 g/mol. The van der Waals surface area contributed by atoms with E-state index in [1.54, 1.807) is 0 Å². The van der Waals surface area contributed by atoms with Gasteiger partial charge in [-0.1, -0.05) is 251 Å². The summed E-state index contributed by atoms with van der Waals surface area (Å²) < 4.78 is 34.1. The van der Waals surface area contributed by atoms with Crippen LogP contribution in [0.3, 0.4) is 0 Å². The highest BCUT2D eigenvalue weighted by atomic mass is 31.2. The summed E-state index contributed by atoms with van der Waals surface area (Å²) >= 11 is 0. The predicted octanol–water partition coefficient (Wildman–Crippen LogP) is 15.7. The maximum atomic E-state index is 12.8. The van der Waals surface area contributed by atoms with Gasteiger partial charge in [-0.3, -0.25) is 14.2 Å². The van der Waals surface area contributed by atoms with Crippen molar-refractivity contribution in [3.05, 3.63) is 0 Å². The third-order valence-electron chi connectivity index (χ3n) is 12.4. The molecule has 2 unspecified atom stereocenters. The lowest BCUT2D eigenvalue weighted by Crippen LogP contribution is -2.37. The highest BCUT2D eigenvalue weighted by Gasteiger charge is 2.22. The van der Waals surface area contributed by atoms with Crippen LogP contribution in [0.5, 0.6) is 0 Å². The number of carbonyl (C=O) groups is 2. The van der Waals surface area contributed by atoms with Crippen molar-refractivity contribution in [2.24, 2.45) is 0 Å². The van der Waals surface area contributed by atoms with E-state index >= 15 is 0 Å². The lowest BCUT2D eigenvalue weighted by Gasteiger charge is -2.28. The fourth-order valence-corrected chi connectivity index (χ4v) is 8.86. The summed E-state index contributed by atoms with van der Waals surface area (Å²) in [4.78, 5) is 37.8. The zero-order chi connectivity index (χ0) is 46.4. The molecule has 0 fully saturated rings. The molecule has 0 N–H and O–H groups in total. The second-order valence-electron chi connectivity index (χ2n) is 20.0. The number of esters is 2. The molecular formula is C53H106NO8P. The summed E-state index contributed by atoms with van der Waals surface area (Å²) in [5, 5.41) is 0. The number of rotatable bonds is 51. The first-order valence-corrected chi connectivity index (χ1v) is 28.7. The number of hydrogen-bond donors (Lipinski definition) is 0. The van der Waals surface area contributed by atoms with Crippen LogP contribution in [0.15, 0.2) is 0 Å². The third kappa shape index (κ3) is 50.3. The quantitative estimate of drug-likeness (QED) is 0.0257. The fraction of sp³-hybridized carbons (Fsp3) is 0.962. The number of unbranched alkanes of at least 4 members (excludes halogenated alkanes) is 37. The number of likely N-dealkylation sites (N-methyl/N-ethyl adjacent to an activating group) is 1. The minimum absolute atomic E-state index is 0.0252. The Balaban J connectivity index is 4.16. The van der Waals surface area contributed by atoms with Crippen molar-refractivity contribution < 1.29 is 42.1 Å². The van der Waals surface area contributed by atoms with Crippen LogP contribution in [0.1, 0.15) is 277 Å². The van der Waals surface area contributed by atoms with Gasteiger partial charge in [0.05, 0.1) is 27.7 Å². The molecule has 0 aromatic carbocycles. The van der Waals surface area contributed by atoms with Crippen molar-refractivity contribution in [2.75, 3.05) is 47.5 Å². The van der Waals surface area contributed by atoms with Crippen molar-refractivity contribution in [3.63, 3.8) is 0 Å². The number of hydrogen-bond acceptors (Lipinski definition) is 8. The predicted molar refractivity (Wildman–Crippen MR) is 264 cm³/mol. The van der Waals surface area contributed by atoms with Gasteiger partial charge in [0.2, 0.25) is 0 Å². The van der Waals surface area contributed by atoms with E-state index in [-0.39, 0.29) is 32.0 Å². The van der Waals surface area contributed by atoms with Crippen molar-refractivity contribution in [2.45, 2.75) is 283 Å². The van der Waals surface area contributed by atoms with E-state index < -0.39 is 26.5 Å². The van der Waals surface area contributed by atoms with Crippen LogP contribution in [-0.2, 0) is 32.7 Å². The molecule has 0 bridgehead atoms. The minimum Gasteiger partial charge on any atom is -0.756 e. The molecule has 0 amide bonds. The van der Waals surface area contributed by atoms with Gasteiger partial charge in [-0.2, -0.15) is 0 Å². The Hall–Kier alpha value is -0.990. The van der Waals surface area contributed by atoms with Gasteiger partial charge in [0.15, 0.2) is 6.10 Å². The van der Waals surface area contributed by atoms with Gasteiger partial charge in [0.25, 0.3) is 7.82 Å². The molecular weight excluding hydrogens is 810 g/mol. The summed E-state index contributed by atoms with van der Waals surface area (Å²) in [7, 11) is 1.19. The van der Waals surface area contributed by atoms with Gasteiger partial charge in [-0.15, -0.1) is 0 Å². The fourth-order valence-electron chi connectivity index (χ4n) is 8.13. The molecule has 0 heterocycles. The summed E-state index contributed by atoms with van der Waals surface area (Å²) in [6.45, 7) is 4.30. The molecule has 0 aliphatic carbocycles. The van der Waals surface area contributed by atoms with Crippen molar-refractivity contribution in [1.29, 1.82) is 0 Å². The van der Waals surface area contributed by atoms with Crippen molar-refractivity contribution >= 4 is 19.8 Å². The summed E-state index contributed by atoms with van der Waals surface area (Å²) in [6, 6.07) is 0. The molecule has 0 saturated carbocycles. The molecule has 0 aromatic heterocycles. The molecule has 0 saturated heterocycles. The van der Waals surface area contributed by atoms with E-state index in [2.05, 4.69) is 13.8 Å². The first kappa shape index (κ1) is 62.0. The molecule has 0 aliphatic rings. The molecule has 376 valence electrons. The Kier molecular flexibility index (Phi) is 45.4. The number of phosphoric ester groups is 1. The Morgan fingerprint density at radius 3 is 1.02 bits per heavy atom. The Morgan fingerprint density at radius 2 is 0.714 bits per heavy atom. The first-order chi connectivity index (χ1) is 30.5.